The Morgan fingerprint density at radius 3 is 2.95 bits per heavy atom. The van der Waals surface area contributed by atoms with Crippen LogP contribution in [0.4, 0.5) is 0 Å². The van der Waals surface area contributed by atoms with E-state index in [1.807, 2.05) is 25.1 Å². The standard InChI is InChI=1S/C14H19N3O3/c1-17(2)7-6-15-12(18)8-10-4-5-11(19-3)13-14(10)20-9-16-13/h4-5,9H,6-8H2,1-3H3,(H,15,18). The summed E-state index contributed by atoms with van der Waals surface area (Å²) in [5.41, 5.74) is 2.05. The molecule has 0 aliphatic heterocycles. The number of oxazole rings is 1. The Labute approximate surface area is 117 Å². The second kappa shape index (κ2) is 6.38. The third-order valence-electron chi connectivity index (χ3n) is 2.98. The number of hydrogen-bond acceptors (Lipinski definition) is 5. The average Bonchev–Trinajstić information content (AvgIpc) is 2.88. The Kier molecular flexibility index (Phi) is 4.57. The Hall–Kier alpha value is -2.08. The Bertz CT molecular complexity index is 592. The highest BCUT2D eigenvalue weighted by molar-refractivity contribution is 5.87. The van der Waals surface area contributed by atoms with Gasteiger partial charge in [0.15, 0.2) is 17.5 Å². The molecule has 0 saturated heterocycles. The highest BCUT2D eigenvalue weighted by atomic mass is 16.5. The van der Waals surface area contributed by atoms with Gasteiger partial charge in [0, 0.05) is 18.7 Å². The number of benzene rings is 1. The number of aromatic nitrogens is 1. The average molecular weight is 277 g/mol. The van der Waals surface area contributed by atoms with Crippen LogP contribution in [-0.4, -0.2) is 50.1 Å². The molecule has 1 aromatic carbocycles. The number of rotatable bonds is 6. The van der Waals surface area contributed by atoms with E-state index in [2.05, 4.69) is 10.3 Å². The molecule has 0 fully saturated rings. The van der Waals surface area contributed by atoms with Crippen molar-refractivity contribution in [2.75, 3.05) is 34.3 Å². The third-order valence-corrected chi connectivity index (χ3v) is 2.98. The van der Waals surface area contributed by atoms with E-state index in [9.17, 15) is 4.79 Å². The third kappa shape index (κ3) is 3.27. The lowest BCUT2D eigenvalue weighted by Gasteiger charge is -2.10. The minimum absolute atomic E-state index is 0.0327. The van der Waals surface area contributed by atoms with Crippen LogP contribution in [0.5, 0.6) is 5.75 Å². The fourth-order valence-electron chi connectivity index (χ4n) is 1.94. The molecule has 6 heteroatoms. The number of carbonyl (C=O) groups excluding carboxylic acids is 1. The van der Waals surface area contributed by atoms with E-state index in [1.165, 1.54) is 6.39 Å². The van der Waals surface area contributed by atoms with E-state index < -0.39 is 0 Å². The van der Waals surface area contributed by atoms with Gasteiger partial charge in [-0.05, 0) is 20.2 Å². The molecule has 1 amide bonds. The van der Waals surface area contributed by atoms with E-state index in [1.54, 1.807) is 13.2 Å². The SMILES string of the molecule is COc1ccc(CC(=O)NCCN(C)C)c2ocnc12. The smallest absolute Gasteiger partial charge is 0.224 e. The van der Waals surface area contributed by atoms with Crippen LogP contribution >= 0.6 is 0 Å². The predicted molar refractivity (Wildman–Crippen MR) is 75.8 cm³/mol. The summed E-state index contributed by atoms with van der Waals surface area (Å²) in [5.74, 6) is 0.611. The van der Waals surface area contributed by atoms with Crippen molar-refractivity contribution in [3.8, 4) is 5.75 Å². The van der Waals surface area contributed by atoms with Crippen LogP contribution in [0.1, 0.15) is 5.56 Å². The van der Waals surface area contributed by atoms with Gasteiger partial charge >= 0.3 is 0 Å². The molecular weight excluding hydrogens is 258 g/mol. The van der Waals surface area contributed by atoms with Crippen LogP contribution in [0.3, 0.4) is 0 Å². The minimum Gasteiger partial charge on any atom is -0.494 e. The monoisotopic (exact) mass is 277 g/mol. The molecule has 0 aliphatic carbocycles. The largest absolute Gasteiger partial charge is 0.494 e. The van der Waals surface area contributed by atoms with Crippen LogP contribution in [0.25, 0.3) is 11.1 Å². The molecule has 2 rings (SSSR count). The summed E-state index contributed by atoms with van der Waals surface area (Å²) in [7, 11) is 5.51. The van der Waals surface area contributed by atoms with E-state index in [0.717, 1.165) is 12.1 Å². The molecule has 108 valence electrons. The molecule has 2 aromatic rings. The predicted octanol–water partition coefficient (Wildman–Crippen LogP) is 1.06. The first-order valence-corrected chi connectivity index (χ1v) is 6.42. The van der Waals surface area contributed by atoms with Crippen LogP contribution in [0.15, 0.2) is 22.9 Å². The number of ether oxygens (including phenoxy) is 1. The molecule has 0 unspecified atom stereocenters. The van der Waals surface area contributed by atoms with Gasteiger partial charge in [-0.15, -0.1) is 0 Å². The summed E-state index contributed by atoms with van der Waals surface area (Å²) in [5, 5.41) is 2.87. The summed E-state index contributed by atoms with van der Waals surface area (Å²) in [6.45, 7) is 1.44. The van der Waals surface area contributed by atoms with Crippen molar-refractivity contribution < 1.29 is 13.9 Å². The molecule has 1 heterocycles. The Balaban J connectivity index is 2.06. The summed E-state index contributed by atoms with van der Waals surface area (Å²) in [4.78, 5) is 18.0. The second-order valence-electron chi connectivity index (χ2n) is 4.79. The fraction of sp³-hybridized carbons (Fsp3) is 0.429. The van der Waals surface area contributed by atoms with Gasteiger partial charge < -0.3 is 19.4 Å². The number of hydrogen-bond donors (Lipinski definition) is 1. The number of methoxy groups -OCH3 is 1. The Morgan fingerprint density at radius 2 is 2.25 bits per heavy atom. The van der Waals surface area contributed by atoms with Gasteiger partial charge in [-0.1, -0.05) is 6.07 Å². The van der Waals surface area contributed by atoms with Gasteiger partial charge in [0.05, 0.1) is 13.5 Å². The lowest BCUT2D eigenvalue weighted by Crippen LogP contribution is -2.32. The van der Waals surface area contributed by atoms with Crippen molar-refractivity contribution in [3.63, 3.8) is 0 Å². The van der Waals surface area contributed by atoms with Crippen LogP contribution in [0.2, 0.25) is 0 Å². The maximum absolute atomic E-state index is 11.9. The van der Waals surface area contributed by atoms with Gasteiger partial charge in [0.25, 0.3) is 0 Å². The van der Waals surface area contributed by atoms with Crippen molar-refractivity contribution in [1.29, 1.82) is 0 Å². The molecule has 0 aliphatic rings. The van der Waals surface area contributed by atoms with Gasteiger partial charge in [-0.25, -0.2) is 4.98 Å². The Morgan fingerprint density at radius 1 is 1.45 bits per heavy atom. The van der Waals surface area contributed by atoms with Gasteiger partial charge in [-0.2, -0.15) is 0 Å². The van der Waals surface area contributed by atoms with Crippen LogP contribution in [-0.2, 0) is 11.2 Å². The second-order valence-corrected chi connectivity index (χ2v) is 4.79. The zero-order valence-corrected chi connectivity index (χ0v) is 12.0. The molecule has 1 aromatic heterocycles. The summed E-state index contributed by atoms with van der Waals surface area (Å²) in [6, 6.07) is 3.63. The molecule has 6 nitrogen and oxygen atoms in total. The van der Waals surface area contributed by atoms with Crippen molar-refractivity contribution in [3.05, 3.63) is 24.1 Å². The van der Waals surface area contributed by atoms with Gasteiger partial charge in [0.2, 0.25) is 5.91 Å². The lowest BCUT2D eigenvalue weighted by atomic mass is 10.1. The molecule has 0 radical (unpaired) electrons. The first-order valence-electron chi connectivity index (χ1n) is 6.42. The summed E-state index contributed by atoms with van der Waals surface area (Å²) < 4.78 is 10.6. The minimum atomic E-state index is -0.0327. The number of likely N-dealkylation sites (N-methyl/N-ethyl adjacent to an activating group) is 1. The van der Waals surface area contributed by atoms with E-state index >= 15 is 0 Å². The molecule has 1 N–H and O–H groups in total. The zero-order chi connectivity index (χ0) is 14.5. The first-order chi connectivity index (χ1) is 9.61. The number of nitrogens with one attached hydrogen (secondary N) is 1. The van der Waals surface area contributed by atoms with Crippen molar-refractivity contribution >= 4 is 17.0 Å². The highest BCUT2D eigenvalue weighted by Crippen LogP contribution is 2.27. The fourth-order valence-corrected chi connectivity index (χ4v) is 1.94. The molecular formula is C14H19N3O3. The number of carbonyl (C=O) groups is 1. The molecule has 0 atom stereocenters. The van der Waals surface area contributed by atoms with E-state index in [0.29, 0.717) is 23.4 Å². The quantitative estimate of drug-likeness (QED) is 0.855. The maximum atomic E-state index is 11.9. The van der Waals surface area contributed by atoms with Gasteiger partial charge in [-0.3, -0.25) is 4.79 Å². The van der Waals surface area contributed by atoms with Gasteiger partial charge in [0.1, 0.15) is 5.75 Å². The molecule has 0 spiro atoms. The van der Waals surface area contributed by atoms with Crippen molar-refractivity contribution in [1.82, 2.24) is 15.2 Å². The summed E-state index contributed by atoms with van der Waals surface area (Å²) in [6.07, 6.45) is 1.63. The van der Waals surface area contributed by atoms with E-state index in [4.69, 9.17) is 9.15 Å². The number of fused-ring (bicyclic) bond motifs is 1. The normalized spacial score (nSPS) is 11.0. The van der Waals surface area contributed by atoms with Crippen molar-refractivity contribution in [2.24, 2.45) is 0 Å². The topological polar surface area (TPSA) is 67.6 Å². The van der Waals surface area contributed by atoms with Crippen molar-refractivity contribution in [2.45, 2.75) is 6.42 Å². The molecule has 0 bridgehead atoms. The zero-order valence-electron chi connectivity index (χ0n) is 12.0. The molecule has 0 saturated carbocycles. The molecule has 20 heavy (non-hydrogen) atoms. The van der Waals surface area contributed by atoms with E-state index in [-0.39, 0.29) is 12.3 Å². The first kappa shape index (κ1) is 14.3. The van der Waals surface area contributed by atoms with Crippen LogP contribution in [0, 0.1) is 0 Å². The lowest BCUT2D eigenvalue weighted by molar-refractivity contribution is -0.120. The number of amides is 1. The maximum Gasteiger partial charge on any atom is 0.224 e. The number of nitrogens with zero attached hydrogens (tertiary/aromatic N) is 2. The highest BCUT2D eigenvalue weighted by Gasteiger charge is 2.13. The summed E-state index contributed by atoms with van der Waals surface area (Å²) >= 11 is 0. The van der Waals surface area contributed by atoms with Crippen LogP contribution < -0.4 is 10.1 Å².